The van der Waals surface area contributed by atoms with Crippen molar-refractivity contribution in [3.8, 4) is 0 Å². The van der Waals surface area contributed by atoms with Crippen molar-refractivity contribution in [1.82, 2.24) is 9.88 Å². The highest BCUT2D eigenvalue weighted by atomic mass is 16.5. The first-order chi connectivity index (χ1) is 14.1. The molecular formula is C21H25N3O5. The summed E-state index contributed by atoms with van der Waals surface area (Å²) < 4.78 is 10.7. The van der Waals surface area contributed by atoms with Gasteiger partial charge in [-0.2, -0.15) is 0 Å². The Morgan fingerprint density at radius 3 is 2.86 bits per heavy atom. The minimum absolute atomic E-state index is 0.00859. The molecule has 1 saturated heterocycles. The first kappa shape index (κ1) is 20.9. The molecule has 2 amide bonds. The Labute approximate surface area is 169 Å². The molecule has 29 heavy (non-hydrogen) atoms. The predicted octanol–water partition coefficient (Wildman–Crippen LogP) is 1.63. The van der Waals surface area contributed by atoms with Crippen LogP contribution in [0.15, 0.2) is 48.8 Å². The van der Waals surface area contributed by atoms with Crippen molar-refractivity contribution < 1.29 is 24.2 Å². The van der Waals surface area contributed by atoms with Crippen LogP contribution in [0.5, 0.6) is 0 Å². The summed E-state index contributed by atoms with van der Waals surface area (Å²) in [6, 6.07) is 9.75. The Balaban J connectivity index is 1.66. The summed E-state index contributed by atoms with van der Waals surface area (Å²) in [4.78, 5) is 30.0. The summed E-state index contributed by atoms with van der Waals surface area (Å²) in [5.74, 6) is -0.430. The molecule has 8 nitrogen and oxygen atoms in total. The van der Waals surface area contributed by atoms with Crippen molar-refractivity contribution in [3.63, 3.8) is 0 Å². The lowest BCUT2D eigenvalue weighted by molar-refractivity contribution is -0.155. The number of amides is 2. The Bertz CT molecular complexity index is 813. The third-order valence-electron chi connectivity index (χ3n) is 4.71. The van der Waals surface area contributed by atoms with Crippen LogP contribution in [-0.2, 0) is 14.3 Å². The number of carbonyl (C=O) groups is 2. The van der Waals surface area contributed by atoms with E-state index in [0.29, 0.717) is 36.6 Å². The van der Waals surface area contributed by atoms with Gasteiger partial charge >= 0.3 is 0 Å². The number of aliphatic hydroxyl groups is 1. The van der Waals surface area contributed by atoms with Gasteiger partial charge in [0.1, 0.15) is 12.7 Å². The van der Waals surface area contributed by atoms with E-state index in [1.807, 2.05) is 6.92 Å². The SMILES string of the molecule is CCOCCN1C(=O)COCC1C(O)c1ccc(NC(=O)c2cccnc2)cc1. The van der Waals surface area contributed by atoms with Crippen LogP contribution in [0.25, 0.3) is 0 Å². The van der Waals surface area contributed by atoms with Crippen molar-refractivity contribution in [3.05, 3.63) is 59.9 Å². The number of hydrogen-bond acceptors (Lipinski definition) is 6. The first-order valence-electron chi connectivity index (χ1n) is 9.54. The number of aromatic nitrogens is 1. The second-order valence-corrected chi connectivity index (χ2v) is 6.63. The van der Waals surface area contributed by atoms with E-state index in [-0.39, 0.29) is 25.0 Å². The first-order valence-corrected chi connectivity index (χ1v) is 9.54. The second kappa shape index (κ2) is 10.1. The molecular weight excluding hydrogens is 374 g/mol. The topological polar surface area (TPSA) is 101 Å². The maximum absolute atomic E-state index is 12.2. The molecule has 2 atom stereocenters. The van der Waals surface area contributed by atoms with Gasteiger partial charge in [-0.25, -0.2) is 0 Å². The van der Waals surface area contributed by atoms with Crippen molar-refractivity contribution in [2.24, 2.45) is 0 Å². The average Bonchev–Trinajstić information content (AvgIpc) is 2.75. The van der Waals surface area contributed by atoms with E-state index in [2.05, 4.69) is 10.3 Å². The van der Waals surface area contributed by atoms with Gasteiger partial charge in [0, 0.05) is 31.2 Å². The minimum atomic E-state index is -0.913. The van der Waals surface area contributed by atoms with Crippen LogP contribution in [0.1, 0.15) is 28.9 Å². The van der Waals surface area contributed by atoms with Gasteiger partial charge in [0.05, 0.1) is 24.8 Å². The lowest BCUT2D eigenvalue weighted by Gasteiger charge is -2.38. The number of benzene rings is 1. The molecule has 8 heteroatoms. The standard InChI is InChI=1S/C21H25N3O5/c1-2-28-11-10-24-18(13-29-14-19(24)25)20(26)15-5-7-17(8-6-15)23-21(27)16-4-3-9-22-12-16/h3-9,12,18,20,26H,2,10-11,13-14H2,1H3,(H,23,27). The number of pyridine rings is 1. The molecule has 154 valence electrons. The fourth-order valence-corrected chi connectivity index (χ4v) is 3.17. The summed E-state index contributed by atoms with van der Waals surface area (Å²) >= 11 is 0. The highest BCUT2D eigenvalue weighted by Crippen LogP contribution is 2.25. The molecule has 0 saturated carbocycles. The molecule has 1 aromatic carbocycles. The van der Waals surface area contributed by atoms with Crippen molar-refractivity contribution in [2.75, 3.05) is 38.3 Å². The van der Waals surface area contributed by atoms with Crippen LogP contribution in [0.3, 0.4) is 0 Å². The zero-order valence-electron chi connectivity index (χ0n) is 16.3. The zero-order chi connectivity index (χ0) is 20.6. The Morgan fingerprint density at radius 1 is 1.38 bits per heavy atom. The summed E-state index contributed by atoms with van der Waals surface area (Å²) in [7, 11) is 0. The van der Waals surface area contributed by atoms with Crippen molar-refractivity contribution in [2.45, 2.75) is 19.1 Å². The Hall–Kier alpha value is -2.81. The smallest absolute Gasteiger partial charge is 0.257 e. The van der Waals surface area contributed by atoms with Crippen LogP contribution in [-0.4, -0.2) is 65.8 Å². The fourth-order valence-electron chi connectivity index (χ4n) is 3.17. The van der Waals surface area contributed by atoms with Crippen LogP contribution in [0, 0.1) is 0 Å². The van der Waals surface area contributed by atoms with E-state index in [1.54, 1.807) is 47.5 Å². The van der Waals surface area contributed by atoms with E-state index in [1.165, 1.54) is 6.20 Å². The van der Waals surface area contributed by atoms with Crippen LogP contribution >= 0.6 is 0 Å². The van der Waals surface area contributed by atoms with Gasteiger partial charge in [-0.15, -0.1) is 0 Å². The highest BCUT2D eigenvalue weighted by Gasteiger charge is 2.34. The zero-order valence-corrected chi connectivity index (χ0v) is 16.3. The van der Waals surface area contributed by atoms with E-state index >= 15 is 0 Å². The molecule has 1 aliphatic rings. The third-order valence-corrected chi connectivity index (χ3v) is 4.71. The summed E-state index contributed by atoms with van der Waals surface area (Å²) in [6.07, 6.45) is 2.18. The van der Waals surface area contributed by atoms with Gasteiger partial charge in [0.15, 0.2) is 0 Å². The van der Waals surface area contributed by atoms with Crippen LogP contribution < -0.4 is 5.32 Å². The molecule has 0 spiro atoms. The highest BCUT2D eigenvalue weighted by molar-refractivity contribution is 6.04. The maximum atomic E-state index is 12.2. The Morgan fingerprint density at radius 2 is 2.17 bits per heavy atom. The van der Waals surface area contributed by atoms with Gasteiger partial charge in [-0.3, -0.25) is 14.6 Å². The van der Waals surface area contributed by atoms with Gasteiger partial charge < -0.3 is 24.8 Å². The number of rotatable bonds is 8. The van der Waals surface area contributed by atoms with E-state index < -0.39 is 12.1 Å². The number of hydrogen-bond donors (Lipinski definition) is 2. The summed E-state index contributed by atoms with van der Waals surface area (Å²) in [6.45, 7) is 3.52. The molecule has 2 N–H and O–H groups in total. The molecule has 2 heterocycles. The van der Waals surface area contributed by atoms with E-state index in [4.69, 9.17) is 9.47 Å². The molecule has 1 aromatic heterocycles. The lowest BCUT2D eigenvalue weighted by atomic mass is 10.00. The molecule has 2 unspecified atom stereocenters. The fraction of sp³-hybridized carbons (Fsp3) is 0.381. The molecule has 1 fully saturated rings. The maximum Gasteiger partial charge on any atom is 0.257 e. The molecule has 0 aliphatic carbocycles. The number of ether oxygens (including phenoxy) is 2. The number of aliphatic hydroxyl groups excluding tert-OH is 1. The molecule has 3 rings (SSSR count). The molecule has 0 bridgehead atoms. The quantitative estimate of drug-likeness (QED) is 0.655. The van der Waals surface area contributed by atoms with Gasteiger partial charge in [0.2, 0.25) is 5.91 Å². The van der Waals surface area contributed by atoms with E-state index in [0.717, 1.165) is 0 Å². The summed E-state index contributed by atoms with van der Waals surface area (Å²) in [5.41, 5.74) is 1.69. The third kappa shape index (κ3) is 5.38. The van der Waals surface area contributed by atoms with Crippen molar-refractivity contribution in [1.29, 1.82) is 0 Å². The number of nitrogens with one attached hydrogen (secondary N) is 1. The van der Waals surface area contributed by atoms with Gasteiger partial charge in [0.25, 0.3) is 5.91 Å². The number of nitrogens with zero attached hydrogens (tertiary/aromatic N) is 2. The Kier molecular flexibility index (Phi) is 7.29. The predicted molar refractivity (Wildman–Crippen MR) is 106 cm³/mol. The molecule has 2 aromatic rings. The monoisotopic (exact) mass is 399 g/mol. The van der Waals surface area contributed by atoms with Gasteiger partial charge in [-0.05, 0) is 36.8 Å². The molecule has 0 radical (unpaired) electrons. The van der Waals surface area contributed by atoms with Crippen LogP contribution in [0.4, 0.5) is 5.69 Å². The van der Waals surface area contributed by atoms with Crippen molar-refractivity contribution >= 4 is 17.5 Å². The molecule has 1 aliphatic heterocycles. The van der Waals surface area contributed by atoms with E-state index in [9.17, 15) is 14.7 Å². The normalized spacial score (nSPS) is 17.8. The summed E-state index contributed by atoms with van der Waals surface area (Å²) in [5, 5.41) is 13.6. The lowest BCUT2D eigenvalue weighted by Crippen LogP contribution is -2.53. The largest absolute Gasteiger partial charge is 0.386 e. The second-order valence-electron chi connectivity index (χ2n) is 6.63. The number of carbonyl (C=O) groups excluding carboxylic acids is 2. The average molecular weight is 399 g/mol. The number of anilines is 1. The minimum Gasteiger partial charge on any atom is -0.386 e. The van der Waals surface area contributed by atoms with Gasteiger partial charge in [-0.1, -0.05) is 12.1 Å². The van der Waals surface area contributed by atoms with Crippen LogP contribution in [0.2, 0.25) is 0 Å². The number of morpholine rings is 1.